The average Bonchev–Trinajstić information content (AvgIpc) is 2.97. The van der Waals surface area contributed by atoms with Gasteiger partial charge in [-0.05, 0) is 66.1 Å². The molecule has 39 heavy (non-hydrogen) atoms. The molecule has 0 spiro atoms. The predicted octanol–water partition coefficient (Wildman–Crippen LogP) is 7.13. The van der Waals surface area contributed by atoms with E-state index in [9.17, 15) is 9.18 Å². The Morgan fingerprint density at radius 2 is 1.51 bits per heavy atom. The molecule has 1 amide bonds. The molecule has 0 aliphatic carbocycles. The molecule has 200 valence electrons. The maximum atomic E-state index is 14.4. The van der Waals surface area contributed by atoms with Crippen molar-refractivity contribution >= 4 is 17.5 Å². The predicted molar refractivity (Wildman–Crippen MR) is 156 cm³/mol. The summed E-state index contributed by atoms with van der Waals surface area (Å²) in [6.07, 6.45) is 2.08. The van der Waals surface area contributed by atoms with Crippen LogP contribution < -0.4 is 0 Å². The van der Waals surface area contributed by atoms with E-state index >= 15 is 0 Å². The summed E-state index contributed by atoms with van der Waals surface area (Å²) in [6, 6.07) is 32.9. The van der Waals surface area contributed by atoms with Crippen LogP contribution in [0, 0.1) is 5.82 Å². The summed E-state index contributed by atoms with van der Waals surface area (Å²) in [5.74, 6) is -0.175. The van der Waals surface area contributed by atoms with Gasteiger partial charge in [-0.1, -0.05) is 103 Å². The van der Waals surface area contributed by atoms with Gasteiger partial charge in [0.15, 0.2) is 0 Å². The summed E-state index contributed by atoms with van der Waals surface area (Å²) < 4.78 is 14.4. The fraction of sp³-hybridized carbons (Fsp3) is 0.265. The van der Waals surface area contributed by atoms with E-state index in [1.807, 2.05) is 54.3 Å². The Kier molecular flexibility index (Phi) is 8.75. The molecule has 3 nitrogen and oxygen atoms in total. The van der Waals surface area contributed by atoms with Crippen LogP contribution in [0.25, 0.3) is 0 Å². The Labute approximate surface area is 235 Å². The first kappa shape index (κ1) is 27.1. The lowest BCUT2D eigenvalue weighted by Gasteiger charge is -2.42. The van der Waals surface area contributed by atoms with Crippen molar-refractivity contribution in [1.82, 2.24) is 9.80 Å². The number of fused-ring (bicyclic) bond motifs is 1. The molecule has 2 atom stereocenters. The Morgan fingerprint density at radius 1 is 0.872 bits per heavy atom. The smallest absolute Gasteiger partial charge is 0.239 e. The number of benzene rings is 4. The molecule has 4 aromatic carbocycles. The van der Waals surface area contributed by atoms with Crippen LogP contribution in [-0.2, 0) is 24.1 Å². The highest BCUT2D eigenvalue weighted by molar-refractivity contribution is 6.31. The van der Waals surface area contributed by atoms with Gasteiger partial charge in [0, 0.05) is 24.7 Å². The minimum atomic E-state index is -0.379. The number of hydrogen-bond acceptors (Lipinski definition) is 2. The number of halogens is 2. The lowest BCUT2D eigenvalue weighted by molar-refractivity contribution is -0.137. The highest BCUT2D eigenvalue weighted by Gasteiger charge is 2.36. The van der Waals surface area contributed by atoms with Gasteiger partial charge in [-0.3, -0.25) is 9.69 Å². The summed E-state index contributed by atoms with van der Waals surface area (Å²) in [5.41, 5.74) is 5.30. The molecule has 0 radical (unpaired) electrons. The van der Waals surface area contributed by atoms with Crippen LogP contribution in [0.5, 0.6) is 0 Å². The van der Waals surface area contributed by atoms with E-state index in [4.69, 9.17) is 11.6 Å². The minimum absolute atomic E-state index is 0.0544. The van der Waals surface area contributed by atoms with Gasteiger partial charge in [0.25, 0.3) is 0 Å². The van der Waals surface area contributed by atoms with Crippen LogP contribution >= 0.6 is 11.6 Å². The second-order valence-corrected chi connectivity index (χ2v) is 10.6. The molecule has 0 saturated carbocycles. The zero-order chi connectivity index (χ0) is 27.2. The van der Waals surface area contributed by atoms with E-state index < -0.39 is 0 Å². The number of nitrogens with zero attached hydrogens (tertiary/aromatic N) is 2. The third kappa shape index (κ3) is 6.24. The van der Waals surface area contributed by atoms with E-state index in [1.54, 1.807) is 12.1 Å². The van der Waals surface area contributed by atoms with E-state index in [-0.39, 0.29) is 23.8 Å². The summed E-state index contributed by atoms with van der Waals surface area (Å²) in [7, 11) is 0. The van der Waals surface area contributed by atoms with Crippen LogP contribution in [0.15, 0.2) is 103 Å². The van der Waals surface area contributed by atoms with Crippen molar-refractivity contribution in [3.63, 3.8) is 0 Å². The standard InChI is InChI=1S/C34H34ClFN2O/c1-25(38-24-21-27-13-5-7-15-29(27)33(38)30-16-8-9-17-31(30)35)34(39)37(22-19-26-11-3-2-4-12-26)23-20-28-14-6-10-18-32(28)36/h2-18,25,33H,19-24H2,1H3/t25-,33+/m0/s1. The fourth-order valence-electron chi connectivity index (χ4n) is 5.65. The van der Waals surface area contributed by atoms with Gasteiger partial charge < -0.3 is 4.90 Å². The highest BCUT2D eigenvalue weighted by Crippen LogP contribution is 2.39. The molecular formula is C34H34ClFN2O. The Bertz CT molecular complexity index is 1410. The van der Waals surface area contributed by atoms with Gasteiger partial charge in [0.1, 0.15) is 5.82 Å². The monoisotopic (exact) mass is 540 g/mol. The van der Waals surface area contributed by atoms with E-state index in [0.29, 0.717) is 30.1 Å². The van der Waals surface area contributed by atoms with Crippen LogP contribution in [0.3, 0.4) is 0 Å². The lowest BCUT2D eigenvalue weighted by atomic mass is 9.87. The van der Waals surface area contributed by atoms with Crippen molar-refractivity contribution in [1.29, 1.82) is 0 Å². The van der Waals surface area contributed by atoms with Crippen molar-refractivity contribution in [3.05, 3.63) is 142 Å². The van der Waals surface area contributed by atoms with Gasteiger partial charge in [-0.25, -0.2) is 4.39 Å². The summed E-state index contributed by atoms with van der Waals surface area (Å²) >= 11 is 6.73. The number of carbonyl (C=O) groups excluding carboxylic acids is 1. The minimum Gasteiger partial charge on any atom is -0.341 e. The molecule has 0 bridgehead atoms. The largest absolute Gasteiger partial charge is 0.341 e. The molecule has 0 aromatic heterocycles. The average molecular weight is 541 g/mol. The van der Waals surface area contributed by atoms with E-state index in [0.717, 1.165) is 24.9 Å². The van der Waals surface area contributed by atoms with Crippen LogP contribution in [0.1, 0.15) is 40.8 Å². The summed E-state index contributed by atoms with van der Waals surface area (Å²) in [5, 5.41) is 0.698. The van der Waals surface area contributed by atoms with Crippen molar-refractivity contribution in [2.45, 2.75) is 38.3 Å². The molecule has 0 N–H and O–H groups in total. The SMILES string of the molecule is C[C@@H](C(=O)N(CCc1ccccc1)CCc1ccccc1F)N1CCc2ccccc2[C@@H]1c1ccccc1Cl. The molecule has 0 unspecified atom stereocenters. The molecule has 1 heterocycles. The van der Waals surface area contributed by atoms with Crippen molar-refractivity contribution in [2.24, 2.45) is 0 Å². The van der Waals surface area contributed by atoms with Gasteiger partial charge in [0.05, 0.1) is 12.1 Å². The quantitative estimate of drug-likeness (QED) is 0.225. The molecule has 1 aliphatic rings. The third-order valence-corrected chi connectivity index (χ3v) is 8.15. The van der Waals surface area contributed by atoms with Gasteiger partial charge in [-0.15, -0.1) is 0 Å². The van der Waals surface area contributed by atoms with Crippen LogP contribution in [0.2, 0.25) is 5.02 Å². The molecule has 5 heteroatoms. The maximum Gasteiger partial charge on any atom is 0.239 e. The first-order valence-electron chi connectivity index (χ1n) is 13.7. The van der Waals surface area contributed by atoms with Crippen LogP contribution in [-0.4, -0.2) is 41.4 Å². The lowest BCUT2D eigenvalue weighted by Crippen LogP contribution is -2.51. The zero-order valence-corrected chi connectivity index (χ0v) is 23.0. The van der Waals surface area contributed by atoms with Crippen LogP contribution in [0.4, 0.5) is 4.39 Å². The molecule has 5 rings (SSSR count). The second-order valence-electron chi connectivity index (χ2n) is 10.2. The zero-order valence-electron chi connectivity index (χ0n) is 22.3. The fourth-order valence-corrected chi connectivity index (χ4v) is 5.89. The first-order valence-corrected chi connectivity index (χ1v) is 14.0. The van der Waals surface area contributed by atoms with Gasteiger partial charge in [0.2, 0.25) is 5.91 Å². The number of carbonyl (C=O) groups is 1. The molecule has 4 aromatic rings. The molecular weight excluding hydrogens is 507 g/mol. The maximum absolute atomic E-state index is 14.4. The normalized spacial score (nSPS) is 15.9. The molecule has 0 saturated heterocycles. The number of amides is 1. The van der Waals surface area contributed by atoms with Crippen molar-refractivity contribution in [2.75, 3.05) is 19.6 Å². The van der Waals surface area contributed by atoms with Crippen molar-refractivity contribution < 1.29 is 9.18 Å². The van der Waals surface area contributed by atoms with Crippen molar-refractivity contribution in [3.8, 4) is 0 Å². The Morgan fingerprint density at radius 3 is 2.28 bits per heavy atom. The molecule has 1 aliphatic heterocycles. The Balaban J connectivity index is 1.43. The molecule has 0 fully saturated rings. The van der Waals surface area contributed by atoms with E-state index in [2.05, 4.69) is 47.4 Å². The number of hydrogen-bond donors (Lipinski definition) is 0. The second kappa shape index (κ2) is 12.6. The van der Waals surface area contributed by atoms with Gasteiger partial charge in [-0.2, -0.15) is 0 Å². The van der Waals surface area contributed by atoms with E-state index in [1.165, 1.54) is 22.8 Å². The first-order chi connectivity index (χ1) is 19.0. The number of rotatable bonds is 9. The summed E-state index contributed by atoms with van der Waals surface area (Å²) in [6.45, 7) is 3.78. The highest BCUT2D eigenvalue weighted by atomic mass is 35.5. The Hall–Kier alpha value is -3.47. The topological polar surface area (TPSA) is 23.6 Å². The third-order valence-electron chi connectivity index (χ3n) is 7.81. The summed E-state index contributed by atoms with van der Waals surface area (Å²) in [4.78, 5) is 18.4. The van der Waals surface area contributed by atoms with Gasteiger partial charge >= 0.3 is 0 Å².